The maximum Gasteiger partial charge on any atom is 0.306 e. The van der Waals surface area contributed by atoms with Crippen molar-refractivity contribution in [2.45, 2.75) is 19.8 Å². The lowest BCUT2D eigenvalue weighted by atomic mass is 10.1. The van der Waals surface area contributed by atoms with Crippen molar-refractivity contribution in [3.05, 3.63) is 32.4 Å². The highest BCUT2D eigenvalue weighted by Crippen LogP contribution is 2.17. The topological polar surface area (TPSA) is 26.3 Å². The lowest BCUT2D eigenvalue weighted by Gasteiger charge is -2.03. The average molecular weight is 339 g/mol. The van der Waals surface area contributed by atoms with Gasteiger partial charge in [-0.2, -0.15) is 0 Å². The molecule has 2 nitrogen and oxygen atoms in total. The number of aryl methyl sites for hydroxylation is 1. The number of benzene rings is 1. The molecule has 0 bridgehead atoms. The van der Waals surface area contributed by atoms with E-state index in [0.29, 0.717) is 24.5 Å². The summed E-state index contributed by atoms with van der Waals surface area (Å²) in [5.74, 6) is -0.160. The molecule has 0 saturated carbocycles. The summed E-state index contributed by atoms with van der Waals surface area (Å²) in [7, 11) is 0. The first-order chi connectivity index (χ1) is 7.11. The Labute approximate surface area is 108 Å². The molecule has 0 amide bonds. The summed E-state index contributed by atoms with van der Waals surface area (Å²) in [6.45, 7) is 2.24. The van der Waals surface area contributed by atoms with Gasteiger partial charge in [-0.1, -0.05) is 11.6 Å². The quantitative estimate of drug-likeness (QED) is 0.621. The van der Waals surface area contributed by atoms with Gasteiger partial charge >= 0.3 is 5.97 Å². The van der Waals surface area contributed by atoms with Gasteiger partial charge in [-0.05, 0) is 59.7 Å². The van der Waals surface area contributed by atoms with Crippen molar-refractivity contribution >= 4 is 40.2 Å². The van der Waals surface area contributed by atoms with E-state index in [2.05, 4.69) is 22.6 Å². The van der Waals surface area contributed by atoms with Gasteiger partial charge < -0.3 is 4.74 Å². The Kier molecular flexibility index (Phi) is 5.39. The van der Waals surface area contributed by atoms with Crippen LogP contribution >= 0.6 is 34.2 Å². The Bertz CT molecular complexity index is 332. The van der Waals surface area contributed by atoms with E-state index >= 15 is 0 Å². The van der Waals surface area contributed by atoms with Crippen LogP contribution in [0.15, 0.2) is 18.2 Å². The maximum atomic E-state index is 11.1. The van der Waals surface area contributed by atoms with Crippen LogP contribution in [-0.4, -0.2) is 12.6 Å². The van der Waals surface area contributed by atoms with Gasteiger partial charge in [0.1, 0.15) is 0 Å². The molecule has 0 N–H and O–H groups in total. The van der Waals surface area contributed by atoms with Gasteiger partial charge in [0.05, 0.1) is 6.61 Å². The van der Waals surface area contributed by atoms with Crippen LogP contribution in [0.3, 0.4) is 0 Å². The molecule has 1 aromatic carbocycles. The fraction of sp³-hybridized carbons (Fsp3) is 0.364. The lowest BCUT2D eigenvalue weighted by molar-refractivity contribution is -0.143. The molecule has 82 valence electrons. The van der Waals surface area contributed by atoms with Gasteiger partial charge in [0.15, 0.2) is 0 Å². The number of esters is 1. The second kappa shape index (κ2) is 6.33. The predicted octanol–water partition coefficient (Wildman–Crippen LogP) is 3.44. The van der Waals surface area contributed by atoms with Crippen LogP contribution in [0, 0.1) is 3.57 Å². The molecule has 0 unspecified atom stereocenters. The van der Waals surface area contributed by atoms with Crippen LogP contribution in [0.5, 0.6) is 0 Å². The molecule has 0 spiro atoms. The van der Waals surface area contributed by atoms with Crippen LogP contribution < -0.4 is 0 Å². The summed E-state index contributed by atoms with van der Waals surface area (Å²) in [4.78, 5) is 11.1. The fourth-order valence-electron chi connectivity index (χ4n) is 1.23. The van der Waals surface area contributed by atoms with E-state index < -0.39 is 0 Å². The van der Waals surface area contributed by atoms with Crippen molar-refractivity contribution in [3.8, 4) is 0 Å². The zero-order valence-electron chi connectivity index (χ0n) is 8.43. The van der Waals surface area contributed by atoms with Crippen molar-refractivity contribution in [2.75, 3.05) is 6.61 Å². The van der Waals surface area contributed by atoms with E-state index in [4.69, 9.17) is 16.3 Å². The molecular formula is C11H12ClIO2. The summed E-state index contributed by atoms with van der Waals surface area (Å²) in [5.41, 5.74) is 1.07. The van der Waals surface area contributed by atoms with Crippen LogP contribution in [-0.2, 0) is 16.0 Å². The Morgan fingerprint density at radius 1 is 1.47 bits per heavy atom. The van der Waals surface area contributed by atoms with E-state index in [1.807, 2.05) is 18.2 Å². The Hall–Kier alpha value is -0.290. The third-order valence-electron chi connectivity index (χ3n) is 1.85. The number of ether oxygens (including phenoxy) is 1. The Morgan fingerprint density at radius 3 is 2.80 bits per heavy atom. The standard InChI is InChI=1S/C11H12ClIO2/c1-2-15-11(14)4-3-8-5-9(12)7-10(13)6-8/h5-7H,2-4H2,1H3. The van der Waals surface area contributed by atoms with Gasteiger partial charge in [0, 0.05) is 15.0 Å². The number of rotatable bonds is 4. The first-order valence-electron chi connectivity index (χ1n) is 4.72. The molecule has 1 aromatic rings. The molecule has 0 saturated heterocycles. The fourth-order valence-corrected chi connectivity index (χ4v) is 2.41. The van der Waals surface area contributed by atoms with Crippen LogP contribution in [0.1, 0.15) is 18.9 Å². The lowest BCUT2D eigenvalue weighted by Crippen LogP contribution is -2.05. The van der Waals surface area contributed by atoms with Gasteiger partial charge in [0.25, 0.3) is 0 Å². The van der Waals surface area contributed by atoms with E-state index in [0.717, 1.165) is 9.13 Å². The van der Waals surface area contributed by atoms with Crippen molar-refractivity contribution < 1.29 is 9.53 Å². The molecular weight excluding hydrogens is 326 g/mol. The number of carbonyl (C=O) groups is 1. The molecule has 4 heteroatoms. The Balaban J connectivity index is 2.54. The Morgan fingerprint density at radius 2 is 2.20 bits per heavy atom. The minimum absolute atomic E-state index is 0.160. The molecule has 0 aliphatic rings. The largest absolute Gasteiger partial charge is 0.466 e. The smallest absolute Gasteiger partial charge is 0.306 e. The van der Waals surface area contributed by atoms with Crippen LogP contribution in [0.4, 0.5) is 0 Å². The highest BCUT2D eigenvalue weighted by Gasteiger charge is 2.03. The van der Waals surface area contributed by atoms with E-state index in [1.165, 1.54) is 0 Å². The molecule has 0 aliphatic carbocycles. The van der Waals surface area contributed by atoms with Crippen molar-refractivity contribution in [2.24, 2.45) is 0 Å². The molecule has 0 aliphatic heterocycles. The number of carbonyl (C=O) groups excluding carboxylic acids is 1. The summed E-state index contributed by atoms with van der Waals surface area (Å²) in [6, 6.07) is 5.78. The molecule has 1 rings (SSSR count). The van der Waals surface area contributed by atoms with Gasteiger partial charge in [-0.15, -0.1) is 0 Å². The minimum atomic E-state index is -0.160. The van der Waals surface area contributed by atoms with Gasteiger partial charge in [-0.25, -0.2) is 0 Å². The normalized spacial score (nSPS) is 10.1. The molecule has 0 atom stereocenters. The monoisotopic (exact) mass is 338 g/mol. The molecule has 0 aromatic heterocycles. The number of halogens is 2. The zero-order valence-corrected chi connectivity index (χ0v) is 11.3. The van der Waals surface area contributed by atoms with Crippen LogP contribution in [0.2, 0.25) is 5.02 Å². The summed E-state index contributed by atoms with van der Waals surface area (Å²) >= 11 is 8.11. The first kappa shape index (κ1) is 12.8. The second-order valence-corrected chi connectivity index (χ2v) is 4.76. The second-order valence-electron chi connectivity index (χ2n) is 3.08. The zero-order chi connectivity index (χ0) is 11.3. The minimum Gasteiger partial charge on any atom is -0.466 e. The third kappa shape index (κ3) is 4.84. The SMILES string of the molecule is CCOC(=O)CCc1cc(Cl)cc(I)c1. The average Bonchev–Trinajstić information content (AvgIpc) is 2.14. The molecule has 0 heterocycles. The number of hydrogen-bond acceptors (Lipinski definition) is 2. The first-order valence-corrected chi connectivity index (χ1v) is 6.18. The summed E-state index contributed by atoms with van der Waals surface area (Å²) in [6.07, 6.45) is 1.08. The van der Waals surface area contributed by atoms with E-state index in [1.54, 1.807) is 6.92 Å². The van der Waals surface area contributed by atoms with Crippen molar-refractivity contribution in [1.29, 1.82) is 0 Å². The van der Waals surface area contributed by atoms with Crippen LogP contribution in [0.25, 0.3) is 0 Å². The molecule has 0 fully saturated rings. The van der Waals surface area contributed by atoms with Gasteiger partial charge in [0.2, 0.25) is 0 Å². The van der Waals surface area contributed by atoms with E-state index in [9.17, 15) is 4.79 Å². The number of hydrogen-bond donors (Lipinski definition) is 0. The maximum absolute atomic E-state index is 11.1. The highest BCUT2D eigenvalue weighted by molar-refractivity contribution is 14.1. The van der Waals surface area contributed by atoms with Crippen molar-refractivity contribution in [3.63, 3.8) is 0 Å². The molecule has 15 heavy (non-hydrogen) atoms. The van der Waals surface area contributed by atoms with Crippen molar-refractivity contribution in [1.82, 2.24) is 0 Å². The summed E-state index contributed by atoms with van der Waals surface area (Å²) < 4.78 is 5.93. The third-order valence-corrected chi connectivity index (χ3v) is 2.69. The van der Waals surface area contributed by atoms with E-state index in [-0.39, 0.29) is 5.97 Å². The molecule has 0 radical (unpaired) electrons. The van der Waals surface area contributed by atoms with Gasteiger partial charge in [-0.3, -0.25) is 4.79 Å². The highest BCUT2D eigenvalue weighted by atomic mass is 127. The summed E-state index contributed by atoms with van der Waals surface area (Å²) in [5, 5.41) is 0.709. The predicted molar refractivity (Wildman–Crippen MR) is 69.1 cm³/mol.